The maximum atomic E-state index is 12.8. The molecule has 2 atom stereocenters. The van der Waals surface area contributed by atoms with Gasteiger partial charge in [0.1, 0.15) is 17.8 Å². The van der Waals surface area contributed by atoms with Gasteiger partial charge in [0.2, 0.25) is 11.9 Å². The van der Waals surface area contributed by atoms with Gasteiger partial charge < -0.3 is 10.6 Å². The molecule has 0 aliphatic carbocycles. The van der Waals surface area contributed by atoms with Crippen LogP contribution in [0.5, 0.6) is 0 Å². The molecular formula is C14H14F6N6O3S. The Kier molecular flexibility index (Phi) is 6.41. The van der Waals surface area contributed by atoms with E-state index in [2.05, 4.69) is 19.9 Å². The van der Waals surface area contributed by atoms with Crippen LogP contribution in [0.1, 0.15) is 13.8 Å². The first kappa shape index (κ1) is 23.5. The molecule has 0 bridgehead atoms. The number of nitrogens with zero attached hydrogens (tertiary/aromatic N) is 4. The average molecular weight is 460 g/mol. The number of alkyl halides is 6. The van der Waals surface area contributed by atoms with Crippen molar-refractivity contribution in [2.24, 2.45) is 0 Å². The molecule has 2 aromatic rings. The van der Waals surface area contributed by atoms with E-state index in [9.17, 15) is 34.8 Å². The lowest BCUT2D eigenvalue weighted by Crippen LogP contribution is -2.35. The lowest BCUT2D eigenvalue weighted by Gasteiger charge is -2.20. The van der Waals surface area contributed by atoms with Crippen molar-refractivity contribution in [1.29, 1.82) is 0 Å². The van der Waals surface area contributed by atoms with Crippen molar-refractivity contribution in [3.8, 4) is 11.5 Å². The first-order chi connectivity index (χ1) is 13.6. The molecule has 0 fully saturated rings. The number of aromatic nitrogens is 4. The highest BCUT2D eigenvalue weighted by Gasteiger charge is 2.38. The highest BCUT2D eigenvalue weighted by Crippen LogP contribution is 2.26. The normalized spacial score (nSPS) is 14.8. The second-order valence-corrected chi connectivity index (χ2v) is 7.33. The highest BCUT2D eigenvalue weighted by molar-refractivity contribution is 7.85. The van der Waals surface area contributed by atoms with Gasteiger partial charge in [-0.3, -0.25) is 4.55 Å². The van der Waals surface area contributed by atoms with Crippen LogP contribution >= 0.6 is 0 Å². The van der Waals surface area contributed by atoms with Crippen LogP contribution in [0.15, 0.2) is 23.2 Å². The summed E-state index contributed by atoms with van der Waals surface area (Å²) in [6.45, 7) is 1.46. The van der Waals surface area contributed by atoms with E-state index in [1.165, 1.54) is 0 Å². The third kappa shape index (κ3) is 6.12. The molecule has 0 radical (unpaired) electrons. The number of anilines is 2. The van der Waals surface area contributed by atoms with Crippen molar-refractivity contribution in [2.45, 2.75) is 43.3 Å². The second-order valence-electron chi connectivity index (χ2n) is 5.96. The summed E-state index contributed by atoms with van der Waals surface area (Å²) in [5.41, 5.74) is -0.349. The Labute approximate surface area is 165 Å². The summed E-state index contributed by atoms with van der Waals surface area (Å²) in [7, 11) is -4.74. The number of nitrogens with one attached hydrogen (secondary N) is 2. The number of hydrogen-bond acceptors (Lipinski definition) is 8. The maximum absolute atomic E-state index is 12.8. The van der Waals surface area contributed by atoms with Gasteiger partial charge in [0.25, 0.3) is 0 Å². The molecular weight excluding hydrogens is 446 g/mol. The monoisotopic (exact) mass is 460 g/mol. The lowest BCUT2D eigenvalue weighted by molar-refractivity contribution is -0.139. The molecule has 16 heteroatoms. The van der Waals surface area contributed by atoms with E-state index in [0.29, 0.717) is 0 Å². The SMILES string of the molecule is C[C@@H](Nc1nc(N[C@H](C)C(F)(F)F)nc(-c2cccc(S(=O)(=O)O)n2)n1)C(F)(F)F. The van der Waals surface area contributed by atoms with E-state index in [1.807, 2.05) is 10.6 Å². The molecule has 0 aliphatic heterocycles. The van der Waals surface area contributed by atoms with E-state index in [-0.39, 0.29) is 5.69 Å². The molecule has 0 aromatic carbocycles. The lowest BCUT2D eigenvalue weighted by atomic mass is 10.3. The summed E-state index contributed by atoms with van der Waals surface area (Å²) in [6.07, 6.45) is -9.44. The minimum Gasteiger partial charge on any atom is -0.343 e. The van der Waals surface area contributed by atoms with E-state index in [4.69, 9.17) is 4.55 Å². The standard InChI is InChI=1S/C14H14F6N6O3S/c1-6(13(15,16)17)21-11-24-10(8-4-3-5-9(23-8)30(27,28)29)25-12(26-11)22-7(2)14(18,19)20/h3-7H,1-2H3,(H,27,28,29)(H2,21,22,24,25,26)/t6-,7-/m1/s1. The van der Waals surface area contributed by atoms with Gasteiger partial charge in [-0.2, -0.15) is 49.7 Å². The molecule has 3 N–H and O–H groups in total. The predicted octanol–water partition coefficient (Wildman–Crippen LogP) is 2.91. The van der Waals surface area contributed by atoms with Crippen molar-refractivity contribution < 1.29 is 39.3 Å². The fourth-order valence-electron chi connectivity index (χ4n) is 1.85. The molecule has 9 nitrogen and oxygen atoms in total. The molecule has 0 saturated carbocycles. The van der Waals surface area contributed by atoms with Gasteiger partial charge in [-0.1, -0.05) is 6.07 Å². The maximum Gasteiger partial charge on any atom is 0.408 e. The van der Waals surface area contributed by atoms with Crippen LogP contribution < -0.4 is 10.6 Å². The largest absolute Gasteiger partial charge is 0.408 e. The number of pyridine rings is 1. The van der Waals surface area contributed by atoms with Crippen LogP contribution in [0.25, 0.3) is 11.5 Å². The van der Waals surface area contributed by atoms with Crippen LogP contribution in [0, 0.1) is 0 Å². The Morgan fingerprint density at radius 2 is 1.33 bits per heavy atom. The van der Waals surface area contributed by atoms with Gasteiger partial charge in [0.05, 0.1) is 0 Å². The summed E-state index contributed by atoms with van der Waals surface area (Å²) in [5.74, 6) is -2.01. The molecule has 2 rings (SSSR count). The quantitative estimate of drug-likeness (QED) is 0.440. The van der Waals surface area contributed by atoms with Crippen LogP contribution in [-0.4, -0.2) is 57.3 Å². The Morgan fingerprint density at radius 3 is 1.73 bits per heavy atom. The minimum atomic E-state index is -4.74. The summed E-state index contributed by atoms with van der Waals surface area (Å²) in [6, 6.07) is -1.17. The molecule has 0 spiro atoms. The Balaban J connectivity index is 2.53. The summed E-state index contributed by atoms with van der Waals surface area (Å²) < 4.78 is 108. The second kappa shape index (κ2) is 8.17. The molecule has 2 heterocycles. The van der Waals surface area contributed by atoms with Gasteiger partial charge in [0, 0.05) is 0 Å². The molecule has 0 unspecified atom stereocenters. The summed E-state index contributed by atoms with van der Waals surface area (Å²) in [4.78, 5) is 14.4. The van der Waals surface area contributed by atoms with Gasteiger partial charge in [-0.05, 0) is 26.0 Å². The van der Waals surface area contributed by atoms with Crippen molar-refractivity contribution in [2.75, 3.05) is 10.6 Å². The van der Waals surface area contributed by atoms with Crippen molar-refractivity contribution in [3.63, 3.8) is 0 Å². The zero-order valence-electron chi connectivity index (χ0n) is 15.1. The van der Waals surface area contributed by atoms with Crippen LogP contribution in [0.4, 0.5) is 38.2 Å². The highest BCUT2D eigenvalue weighted by atomic mass is 32.2. The Hall–Kier alpha value is -2.75. The van der Waals surface area contributed by atoms with Gasteiger partial charge in [-0.25, -0.2) is 4.98 Å². The fraction of sp³-hybridized carbons (Fsp3) is 0.429. The molecule has 30 heavy (non-hydrogen) atoms. The first-order valence-electron chi connectivity index (χ1n) is 7.95. The third-order valence-electron chi connectivity index (χ3n) is 3.53. The number of hydrogen-bond donors (Lipinski definition) is 3. The van der Waals surface area contributed by atoms with E-state index in [1.54, 1.807) is 0 Å². The minimum absolute atomic E-state index is 0.349. The summed E-state index contributed by atoms with van der Waals surface area (Å²) in [5, 5.41) is 2.95. The van der Waals surface area contributed by atoms with Crippen LogP contribution in [0.3, 0.4) is 0 Å². The topological polar surface area (TPSA) is 130 Å². The van der Waals surface area contributed by atoms with Gasteiger partial charge in [-0.15, -0.1) is 0 Å². The Morgan fingerprint density at radius 1 is 0.867 bits per heavy atom. The zero-order valence-corrected chi connectivity index (χ0v) is 15.9. The zero-order chi connectivity index (χ0) is 22.9. The van der Waals surface area contributed by atoms with Crippen molar-refractivity contribution in [3.05, 3.63) is 18.2 Å². The van der Waals surface area contributed by atoms with E-state index < -0.39 is 57.3 Å². The molecule has 166 valence electrons. The summed E-state index contributed by atoms with van der Waals surface area (Å²) >= 11 is 0. The molecule has 0 aliphatic rings. The van der Waals surface area contributed by atoms with Gasteiger partial charge in [0.15, 0.2) is 10.9 Å². The van der Waals surface area contributed by atoms with Crippen LogP contribution in [-0.2, 0) is 10.1 Å². The molecule has 0 saturated heterocycles. The predicted molar refractivity (Wildman–Crippen MR) is 91.2 cm³/mol. The van der Waals surface area contributed by atoms with Gasteiger partial charge >= 0.3 is 22.5 Å². The molecule has 2 aromatic heterocycles. The van der Waals surface area contributed by atoms with E-state index in [0.717, 1.165) is 32.0 Å². The number of halogens is 6. The fourth-order valence-corrected chi connectivity index (χ4v) is 2.32. The van der Waals surface area contributed by atoms with Crippen molar-refractivity contribution in [1.82, 2.24) is 19.9 Å². The number of rotatable bonds is 6. The smallest absolute Gasteiger partial charge is 0.343 e. The first-order valence-corrected chi connectivity index (χ1v) is 9.39. The van der Waals surface area contributed by atoms with Crippen LogP contribution in [0.2, 0.25) is 0 Å². The molecule has 0 amide bonds. The van der Waals surface area contributed by atoms with Crippen molar-refractivity contribution >= 4 is 22.0 Å². The Bertz CT molecular complexity index is 974. The average Bonchev–Trinajstić information content (AvgIpc) is 2.59. The third-order valence-corrected chi connectivity index (χ3v) is 4.28. The van der Waals surface area contributed by atoms with E-state index >= 15 is 0 Å².